The summed E-state index contributed by atoms with van der Waals surface area (Å²) in [5, 5.41) is 0. The largest absolute Gasteiger partial charge is 0.344 e. The van der Waals surface area contributed by atoms with Crippen LogP contribution in [0.4, 0.5) is 11.4 Å². The van der Waals surface area contributed by atoms with Gasteiger partial charge in [-0.2, -0.15) is 0 Å². The second kappa shape index (κ2) is 5.55. The summed E-state index contributed by atoms with van der Waals surface area (Å²) >= 11 is 0. The van der Waals surface area contributed by atoms with Crippen LogP contribution in [0.3, 0.4) is 0 Å². The molecule has 2 aromatic rings. The van der Waals surface area contributed by atoms with Crippen molar-refractivity contribution in [2.75, 3.05) is 11.9 Å². The van der Waals surface area contributed by atoms with E-state index < -0.39 is 0 Å². The first-order chi connectivity index (χ1) is 9.73. The Bertz CT molecular complexity index is 672. The summed E-state index contributed by atoms with van der Waals surface area (Å²) in [5.41, 5.74) is 12.2. The van der Waals surface area contributed by atoms with Crippen molar-refractivity contribution in [2.24, 2.45) is 0 Å². The Balaban J connectivity index is 2.60. The highest BCUT2D eigenvalue weighted by Crippen LogP contribution is 2.34. The molecule has 1 heteroatoms. The van der Waals surface area contributed by atoms with Gasteiger partial charge < -0.3 is 4.90 Å². The highest BCUT2D eigenvalue weighted by Gasteiger charge is 2.14. The third-order valence-electron chi connectivity index (χ3n) is 4.95. The molecule has 0 aliphatic carbocycles. The molecule has 1 nitrogen and oxygen atoms in total. The van der Waals surface area contributed by atoms with E-state index >= 15 is 0 Å². The average molecular weight is 281 g/mol. The van der Waals surface area contributed by atoms with Gasteiger partial charge in [0.25, 0.3) is 0 Å². The molecule has 0 spiro atoms. The van der Waals surface area contributed by atoms with Crippen LogP contribution in [0, 0.1) is 48.5 Å². The minimum Gasteiger partial charge on any atom is -0.344 e. The van der Waals surface area contributed by atoms with E-state index in [0.717, 1.165) is 0 Å². The van der Waals surface area contributed by atoms with Crippen molar-refractivity contribution >= 4 is 11.4 Å². The van der Waals surface area contributed by atoms with Gasteiger partial charge in [-0.3, -0.25) is 0 Å². The highest BCUT2D eigenvalue weighted by atomic mass is 15.1. The molecular formula is C20H27N. The fourth-order valence-electron chi connectivity index (χ4n) is 3.12. The van der Waals surface area contributed by atoms with Crippen molar-refractivity contribution < 1.29 is 0 Å². The fraction of sp³-hybridized carbons (Fsp3) is 0.400. The van der Waals surface area contributed by atoms with Crippen LogP contribution in [0.1, 0.15) is 38.9 Å². The molecule has 0 aliphatic rings. The summed E-state index contributed by atoms with van der Waals surface area (Å²) in [7, 11) is 2.17. The van der Waals surface area contributed by atoms with E-state index in [9.17, 15) is 0 Å². The molecule has 0 N–H and O–H groups in total. The Hall–Kier alpha value is -1.76. The van der Waals surface area contributed by atoms with Crippen LogP contribution >= 0.6 is 0 Å². The lowest BCUT2D eigenvalue weighted by molar-refractivity contribution is 1.12. The summed E-state index contributed by atoms with van der Waals surface area (Å²) in [4.78, 5) is 2.33. The number of anilines is 2. The van der Waals surface area contributed by atoms with Gasteiger partial charge in [0.15, 0.2) is 0 Å². The van der Waals surface area contributed by atoms with Gasteiger partial charge in [0.05, 0.1) is 0 Å². The zero-order chi connectivity index (χ0) is 15.9. The quantitative estimate of drug-likeness (QED) is 0.691. The predicted molar refractivity (Wildman–Crippen MR) is 94.1 cm³/mol. The Morgan fingerprint density at radius 1 is 0.571 bits per heavy atom. The lowest BCUT2D eigenvalue weighted by Gasteiger charge is -2.27. The van der Waals surface area contributed by atoms with E-state index in [0.29, 0.717) is 0 Å². The van der Waals surface area contributed by atoms with Gasteiger partial charge in [0.1, 0.15) is 0 Å². The zero-order valence-electron chi connectivity index (χ0n) is 14.7. The number of aryl methyl sites for hydroxylation is 4. The third-order valence-corrected chi connectivity index (χ3v) is 4.95. The Labute approximate surface area is 129 Å². The Kier molecular flexibility index (Phi) is 4.13. The van der Waals surface area contributed by atoms with E-state index in [4.69, 9.17) is 0 Å². The molecule has 0 fully saturated rings. The molecule has 2 aromatic carbocycles. The summed E-state index contributed by atoms with van der Waals surface area (Å²) in [6.45, 7) is 15.4. The monoisotopic (exact) mass is 281 g/mol. The van der Waals surface area contributed by atoms with E-state index in [1.165, 1.54) is 50.3 Å². The molecule has 0 bridgehead atoms. The maximum atomic E-state index is 2.33. The molecule has 0 unspecified atom stereocenters. The van der Waals surface area contributed by atoms with Gasteiger partial charge in [-0.15, -0.1) is 0 Å². The van der Waals surface area contributed by atoms with Gasteiger partial charge >= 0.3 is 0 Å². The van der Waals surface area contributed by atoms with Crippen LogP contribution in [0.2, 0.25) is 0 Å². The van der Waals surface area contributed by atoms with Crippen LogP contribution in [-0.2, 0) is 0 Å². The molecule has 0 atom stereocenters. The maximum Gasteiger partial charge on any atom is 0.0470 e. The van der Waals surface area contributed by atoms with Crippen molar-refractivity contribution in [3.8, 4) is 0 Å². The second-order valence-corrected chi connectivity index (χ2v) is 6.37. The first-order valence-corrected chi connectivity index (χ1v) is 7.63. The van der Waals surface area contributed by atoms with Gasteiger partial charge in [0, 0.05) is 18.4 Å². The summed E-state index contributed by atoms with van der Waals surface area (Å²) in [5.74, 6) is 0. The third kappa shape index (κ3) is 2.70. The molecule has 21 heavy (non-hydrogen) atoms. The van der Waals surface area contributed by atoms with Gasteiger partial charge in [0.2, 0.25) is 0 Å². The van der Waals surface area contributed by atoms with Crippen molar-refractivity contribution in [2.45, 2.75) is 48.5 Å². The second-order valence-electron chi connectivity index (χ2n) is 6.37. The highest BCUT2D eigenvalue weighted by molar-refractivity contribution is 5.72. The minimum atomic E-state index is 1.27. The molecule has 0 saturated heterocycles. The van der Waals surface area contributed by atoms with Gasteiger partial charge in [-0.25, -0.2) is 0 Å². The normalized spacial score (nSPS) is 10.9. The molecule has 0 aliphatic heterocycles. The SMILES string of the molecule is Cc1cc(N(C)c2c(C)cc(C)c(C)c2C)cc(C)c1C. The number of hydrogen-bond donors (Lipinski definition) is 0. The summed E-state index contributed by atoms with van der Waals surface area (Å²) < 4.78 is 0. The van der Waals surface area contributed by atoms with Gasteiger partial charge in [-0.05, 0) is 99.5 Å². The molecule has 0 aromatic heterocycles. The number of rotatable bonds is 2. The lowest BCUT2D eigenvalue weighted by atomic mass is 9.97. The zero-order valence-corrected chi connectivity index (χ0v) is 14.7. The van der Waals surface area contributed by atoms with Crippen LogP contribution < -0.4 is 4.90 Å². The van der Waals surface area contributed by atoms with Crippen molar-refractivity contribution in [1.29, 1.82) is 0 Å². The van der Waals surface area contributed by atoms with E-state index in [-0.39, 0.29) is 0 Å². The molecule has 112 valence electrons. The summed E-state index contributed by atoms with van der Waals surface area (Å²) in [6, 6.07) is 6.87. The molecule has 0 amide bonds. The van der Waals surface area contributed by atoms with Crippen molar-refractivity contribution in [3.63, 3.8) is 0 Å². The maximum absolute atomic E-state index is 2.33. The standard InChI is InChI=1S/C20H27N/c1-12-9-15(4)20(18(7)17(12)6)21(8)19-10-13(2)16(5)14(3)11-19/h9-11H,1-8H3. The van der Waals surface area contributed by atoms with Crippen molar-refractivity contribution in [3.05, 3.63) is 57.1 Å². The Morgan fingerprint density at radius 2 is 1.05 bits per heavy atom. The molecule has 0 heterocycles. The number of nitrogens with zero attached hydrogens (tertiary/aromatic N) is 1. The fourth-order valence-corrected chi connectivity index (χ4v) is 3.12. The molecule has 0 saturated carbocycles. The minimum absolute atomic E-state index is 1.27. The van der Waals surface area contributed by atoms with Crippen LogP contribution in [0.5, 0.6) is 0 Å². The van der Waals surface area contributed by atoms with E-state index in [2.05, 4.69) is 78.6 Å². The molecule has 2 rings (SSSR count). The smallest absolute Gasteiger partial charge is 0.0470 e. The van der Waals surface area contributed by atoms with Crippen LogP contribution in [-0.4, -0.2) is 7.05 Å². The lowest BCUT2D eigenvalue weighted by Crippen LogP contribution is -2.14. The molecular weight excluding hydrogens is 254 g/mol. The van der Waals surface area contributed by atoms with Crippen LogP contribution in [0.15, 0.2) is 18.2 Å². The first kappa shape index (κ1) is 15.6. The number of hydrogen-bond acceptors (Lipinski definition) is 1. The first-order valence-electron chi connectivity index (χ1n) is 7.63. The molecule has 0 radical (unpaired) electrons. The van der Waals surface area contributed by atoms with E-state index in [1.54, 1.807) is 0 Å². The summed E-state index contributed by atoms with van der Waals surface area (Å²) in [6.07, 6.45) is 0. The van der Waals surface area contributed by atoms with E-state index in [1.807, 2.05) is 0 Å². The van der Waals surface area contributed by atoms with Crippen molar-refractivity contribution in [1.82, 2.24) is 0 Å². The predicted octanol–water partition coefficient (Wildman–Crippen LogP) is 5.61. The topological polar surface area (TPSA) is 3.24 Å². The van der Waals surface area contributed by atoms with Crippen LogP contribution in [0.25, 0.3) is 0 Å². The number of benzene rings is 2. The average Bonchev–Trinajstić information content (AvgIpc) is 2.41. The van der Waals surface area contributed by atoms with Gasteiger partial charge in [-0.1, -0.05) is 6.07 Å². The Morgan fingerprint density at radius 3 is 1.57 bits per heavy atom.